The molecule has 2 aromatic rings. The molecule has 0 bridgehead atoms. The second-order valence-electron chi connectivity index (χ2n) is 6.32. The molecule has 0 saturated carbocycles. The van der Waals surface area contributed by atoms with Crippen LogP contribution in [0.3, 0.4) is 0 Å². The molecule has 3 rings (SSSR count). The molecule has 6 heteroatoms. The number of amides is 2. The van der Waals surface area contributed by atoms with Crippen molar-refractivity contribution in [3.63, 3.8) is 0 Å². The number of benzene rings is 1. The van der Waals surface area contributed by atoms with Gasteiger partial charge < -0.3 is 10.2 Å². The van der Waals surface area contributed by atoms with Crippen molar-refractivity contribution in [3.05, 3.63) is 58.0 Å². The zero-order chi connectivity index (χ0) is 17.8. The third-order valence-electron chi connectivity index (χ3n) is 4.57. The van der Waals surface area contributed by atoms with E-state index >= 15 is 0 Å². The van der Waals surface area contributed by atoms with Gasteiger partial charge in [-0.25, -0.2) is 4.39 Å². The van der Waals surface area contributed by atoms with Gasteiger partial charge in [-0.15, -0.1) is 11.3 Å². The molecule has 2 amide bonds. The highest BCUT2D eigenvalue weighted by Crippen LogP contribution is 2.22. The van der Waals surface area contributed by atoms with Gasteiger partial charge in [-0.1, -0.05) is 6.07 Å². The Kier molecular flexibility index (Phi) is 5.48. The largest absolute Gasteiger partial charge is 0.349 e. The van der Waals surface area contributed by atoms with E-state index in [4.69, 9.17) is 0 Å². The summed E-state index contributed by atoms with van der Waals surface area (Å²) in [6, 6.07) is 9.57. The molecule has 2 heterocycles. The number of nitrogens with one attached hydrogen (secondary N) is 1. The van der Waals surface area contributed by atoms with E-state index in [2.05, 4.69) is 5.32 Å². The Labute approximate surface area is 150 Å². The lowest BCUT2D eigenvalue weighted by atomic mass is 9.95. The van der Waals surface area contributed by atoms with E-state index in [1.54, 1.807) is 16.2 Å². The fourth-order valence-electron chi connectivity index (χ4n) is 3.06. The molecule has 0 aliphatic carbocycles. The van der Waals surface area contributed by atoms with Crippen molar-refractivity contribution in [2.75, 3.05) is 13.1 Å². The molecule has 132 valence electrons. The predicted octanol–water partition coefficient (Wildman–Crippen LogP) is 3.62. The lowest BCUT2D eigenvalue weighted by Crippen LogP contribution is -2.43. The minimum absolute atomic E-state index is 0.00590. The van der Waals surface area contributed by atoms with Crippen molar-refractivity contribution >= 4 is 23.2 Å². The van der Waals surface area contributed by atoms with E-state index in [0.717, 1.165) is 4.88 Å². The molecule has 1 aliphatic rings. The fraction of sp³-hybridized carbons (Fsp3) is 0.368. The summed E-state index contributed by atoms with van der Waals surface area (Å²) < 4.78 is 13.0. The molecule has 0 spiro atoms. The molecular formula is C19H21FN2O2S. The van der Waals surface area contributed by atoms with E-state index in [-0.39, 0.29) is 29.6 Å². The topological polar surface area (TPSA) is 49.4 Å². The third-order valence-corrected chi connectivity index (χ3v) is 5.63. The molecule has 0 radical (unpaired) electrons. The predicted molar refractivity (Wildman–Crippen MR) is 95.9 cm³/mol. The number of carbonyl (C=O) groups excluding carboxylic acids is 2. The normalized spacial score (nSPS) is 16.5. The molecule has 4 nitrogen and oxygen atoms in total. The second-order valence-corrected chi connectivity index (χ2v) is 7.30. The second kappa shape index (κ2) is 7.78. The van der Waals surface area contributed by atoms with Crippen LogP contribution < -0.4 is 5.32 Å². The van der Waals surface area contributed by atoms with Gasteiger partial charge in [-0.2, -0.15) is 0 Å². The molecule has 1 fully saturated rings. The third kappa shape index (κ3) is 4.25. The highest BCUT2D eigenvalue weighted by Gasteiger charge is 2.28. The Morgan fingerprint density at radius 3 is 2.48 bits per heavy atom. The summed E-state index contributed by atoms with van der Waals surface area (Å²) in [4.78, 5) is 27.7. The summed E-state index contributed by atoms with van der Waals surface area (Å²) in [5.74, 6) is -0.480. The molecule has 1 aromatic heterocycles. The number of hydrogen-bond donors (Lipinski definition) is 1. The van der Waals surface area contributed by atoms with Gasteiger partial charge in [0.1, 0.15) is 5.82 Å². The quantitative estimate of drug-likeness (QED) is 0.905. The summed E-state index contributed by atoms with van der Waals surface area (Å²) in [6.45, 7) is 3.07. The smallest absolute Gasteiger partial charge is 0.253 e. The van der Waals surface area contributed by atoms with Crippen LogP contribution in [0.1, 0.15) is 41.0 Å². The van der Waals surface area contributed by atoms with Gasteiger partial charge >= 0.3 is 0 Å². The number of piperidine rings is 1. The van der Waals surface area contributed by atoms with Crippen molar-refractivity contribution in [1.82, 2.24) is 10.2 Å². The van der Waals surface area contributed by atoms with Gasteiger partial charge in [0.05, 0.1) is 6.04 Å². The van der Waals surface area contributed by atoms with Gasteiger partial charge in [-0.3, -0.25) is 9.59 Å². The first-order valence-electron chi connectivity index (χ1n) is 8.43. The molecule has 1 aliphatic heterocycles. The standard InChI is InChI=1S/C19H21FN2O2S/c1-13(17-3-2-12-25-17)21-18(23)14-8-10-22(11-9-14)19(24)15-4-6-16(20)7-5-15/h2-7,12-14H,8-11H2,1H3,(H,21,23)/t13-/m0/s1. The molecule has 1 saturated heterocycles. The lowest BCUT2D eigenvalue weighted by Gasteiger charge is -2.32. The van der Waals surface area contributed by atoms with E-state index in [1.807, 2.05) is 24.4 Å². The van der Waals surface area contributed by atoms with Crippen molar-refractivity contribution in [3.8, 4) is 0 Å². The zero-order valence-electron chi connectivity index (χ0n) is 14.1. The van der Waals surface area contributed by atoms with Crippen molar-refractivity contribution < 1.29 is 14.0 Å². The van der Waals surface area contributed by atoms with E-state index in [9.17, 15) is 14.0 Å². The molecule has 1 aromatic carbocycles. The summed E-state index contributed by atoms with van der Waals surface area (Å²) in [6.07, 6.45) is 1.30. The van der Waals surface area contributed by atoms with E-state index in [1.165, 1.54) is 24.3 Å². The van der Waals surface area contributed by atoms with Crippen molar-refractivity contribution in [2.45, 2.75) is 25.8 Å². The monoisotopic (exact) mass is 360 g/mol. The van der Waals surface area contributed by atoms with Crippen LogP contribution in [0.2, 0.25) is 0 Å². The summed E-state index contributed by atoms with van der Waals surface area (Å²) >= 11 is 1.63. The number of halogens is 1. The van der Waals surface area contributed by atoms with E-state index < -0.39 is 0 Å². The molecule has 1 atom stereocenters. The van der Waals surface area contributed by atoms with Crippen LogP contribution in [0.25, 0.3) is 0 Å². The van der Waals surface area contributed by atoms with Gasteiger partial charge in [-0.05, 0) is 55.5 Å². The number of likely N-dealkylation sites (tertiary alicyclic amines) is 1. The highest BCUT2D eigenvalue weighted by atomic mass is 32.1. The minimum Gasteiger partial charge on any atom is -0.349 e. The summed E-state index contributed by atoms with van der Waals surface area (Å²) in [5, 5.41) is 5.06. The van der Waals surface area contributed by atoms with Gasteiger partial charge in [0, 0.05) is 29.4 Å². The van der Waals surface area contributed by atoms with Crippen molar-refractivity contribution in [1.29, 1.82) is 0 Å². The average Bonchev–Trinajstić information content (AvgIpc) is 3.17. The van der Waals surface area contributed by atoms with Crippen LogP contribution in [0.15, 0.2) is 41.8 Å². The van der Waals surface area contributed by atoms with Crippen molar-refractivity contribution in [2.24, 2.45) is 5.92 Å². The maximum absolute atomic E-state index is 13.0. The summed E-state index contributed by atoms with van der Waals surface area (Å²) in [5.41, 5.74) is 0.482. The molecule has 0 unspecified atom stereocenters. The Morgan fingerprint density at radius 1 is 1.20 bits per heavy atom. The summed E-state index contributed by atoms with van der Waals surface area (Å²) in [7, 11) is 0. The van der Waals surface area contributed by atoms with Crippen LogP contribution in [-0.2, 0) is 4.79 Å². The van der Waals surface area contributed by atoms with Crippen LogP contribution in [0.5, 0.6) is 0 Å². The number of rotatable bonds is 4. The molecular weight excluding hydrogens is 339 g/mol. The Bertz CT molecular complexity index is 722. The maximum atomic E-state index is 13.0. The van der Waals surface area contributed by atoms with E-state index in [0.29, 0.717) is 31.5 Å². The number of thiophene rings is 1. The first kappa shape index (κ1) is 17.6. The maximum Gasteiger partial charge on any atom is 0.253 e. The van der Waals surface area contributed by atoms with Crippen LogP contribution in [-0.4, -0.2) is 29.8 Å². The Morgan fingerprint density at radius 2 is 1.88 bits per heavy atom. The van der Waals surface area contributed by atoms with Gasteiger partial charge in [0.15, 0.2) is 0 Å². The number of carbonyl (C=O) groups is 2. The fourth-order valence-corrected chi connectivity index (χ4v) is 3.79. The Hall–Kier alpha value is -2.21. The first-order valence-corrected chi connectivity index (χ1v) is 9.31. The lowest BCUT2D eigenvalue weighted by molar-refractivity contribution is -0.126. The number of hydrogen-bond acceptors (Lipinski definition) is 3. The van der Waals surface area contributed by atoms with Crippen LogP contribution in [0, 0.1) is 11.7 Å². The molecule has 25 heavy (non-hydrogen) atoms. The first-order chi connectivity index (χ1) is 12.0. The van der Waals surface area contributed by atoms with Gasteiger partial charge in [0.25, 0.3) is 5.91 Å². The van der Waals surface area contributed by atoms with Crippen LogP contribution in [0.4, 0.5) is 4.39 Å². The SMILES string of the molecule is C[C@H](NC(=O)C1CCN(C(=O)c2ccc(F)cc2)CC1)c1cccs1. The highest BCUT2D eigenvalue weighted by molar-refractivity contribution is 7.10. The minimum atomic E-state index is -0.355. The Balaban J connectivity index is 1.52. The molecule has 1 N–H and O–H groups in total. The zero-order valence-corrected chi connectivity index (χ0v) is 14.9. The number of nitrogens with zero attached hydrogens (tertiary/aromatic N) is 1. The average molecular weight is 360 g/mol. The van der Waals surface area contributed by atoms with Gasteiger partial charge in [0.2, 0.25) is 5.91 Å². The van der Waals surface area contributed by atoms with Crippen LogP contribution >= 0.6 is 11.3 Å².